The average Bonchev–Trinajstić information content (AvgIpc) is 2.41. The van der Waals surface area contributed by atoms with E-state index in [1.54, 1.807) is 32.0 Å². The van der Waals surface area contributed by atoms with Gasteiger partial charge in [0.2, 0.25) is 5.96 Å². The summed E-state index contributed by atoms with van der Waals surface area (Å²) in [6, 6.07) is 4.95. The highest BCUT2D eigenvalue weighted by atomic mass is 16.1. The molecule has 0 bridgehead atoms. The molecule has 0 fully saturated rings. The van der Waals surface area contributed by atoms with Gasteiger partial charge >= 0.3 is 0 Å². The third kappa shape index (κ3) is 2.49. The topological polar surface area (TPSA) is 108 Å². The molecule has 0 amide bonds. The van der Waals surface area contributed by atoms with Crippen LogP contribution in [-0.4, -0.2) is 23.2 Å². The SMILES string of the molecule is CC1=CC(=O)c2cc(/C(C)=N\NC(=N)N)ccc2C1=O. The highest BCUT2D eigenvalue weighted by Crippen LogP contribution is 2.22. The molecule has 1 aromatic rings. The van der Waals surface area contributed by atoms with Gasteiger partial charge in [0.15, 0.2) is 11.6 Å². The summed E-state index contributed by atoms with van der Waals surface area (Å²) in [4.78, 5) is 23.9. The number of hydrogen-bond acceptors (Lipinski definition) is 4. The first-order chi connectivity index (χ1) is 9.40. The maximum Gasteiger partial charge on any atom is 0.206 e. The van der Waals surface area contributed by atoms with Crippen molar-refractivity contribution in [2.75, 3.05) is 0 Å². The number of nitrogens with zero attached hydrogens (tertiary/aromatic N) is 1. The van der Waals surface area contributed by atoms with Gasteiger partial charge in [0, 0.05) is 16.7 Å². The number of ketones is 2. The number of allylic oxidation sites excluding steroid dienone is 2. The molecule has 102 valence electrons. The molecule has 2 rings (SSSR count). The van der Waals surface area contributed by atoms with Crippen LogP contribution in [0.5, 0.6) is 0 Å². The van der Waals surface area contributed by atoms with Gasteiger partial charge in [-0.1, -0.05) is 6.07 Å². The van der Waals surface area contributed by atoms with E-state index < -0.39 is 0 Å². The maximum atomic E-state index is 12.0. The summed E-state index contributed by atoms with van der Waals surface area (Å²) in [7, 11) is 0. The van der Waals surface area contributed by atoms with E-state index in [1.165, 1.54) is 6.08 Å². The number of hydrazone groups is 1. The summed E-state index contributed by atoms with van der Waals surface area (Å²) in [5, 5.41) is 10.9. The monoisotopic (exact) mass is 270 g/mol. The van der Waals surface area contributed by atoms with Crippen molar-refractivity contribution in [1.82, 2.24) is 5.43 Å². The molecule has 1 aromatic carbocycles. The van der Waals surface area contributed by atoms with Gasteiger partial charge in [0.05, 0.1) is 5.71 Å². The van der Waals surface area contributed by atoms with Crippen LogP contribution in [0.4, 0.5) is 0 Å². The van der Waals surface area contributed by atoms with Crippen molar-refractivity contribution in [1.29, 1.82) is 5.41 Å². The highest BCUT2D eigenvalue weighted by molar-refractivity contribution is 6.24. The van der Waals surface area contributed by atoms with Crippen LogP contribution in [0.25, 0.3) is 0 Å². The van der Waals surface area contributed by atoms with E-state index in [1.807, 2.05) is 0 Å². The summed E-state index contributed by atoms with van der Waals surface area (Å²) < 4.78 is 0. The minimum Gasteiger partial charge on any atom is -0.369 e. The van der Waals surface area contributed by atoms with Crippen LogP contribution in [0, 0.1) is 5.41 Å². The molecule has 0 saturated carbocycles. The quantitative estimate of drug-likeness (QED) is 0.426. The first-order valence-corrected chi connectivity index (χ1v) is 5.96. The number of nitrogens with one attached hydrogen (secondary N) is 2. The number of hydrogen-bond donors (Lipinski definition) is 3. The van der Waals surface area contributed by atoms with Crippen molar-refractivity contribution in [2.45, 2.75) is 13.8 Å². The van der Waals surface area contributed by atoms with Gasteiger partial charge < -0.3 is 5.73 Å². The van der Waals surface area contributed by atoms with Crippen LogP contribution < -0.4 is 11.2 Å². The Kier molecular flexibility index (Phi) is 3.47. The molecule has 0 aromatic heterocycles. The van der Waals surface area contributed by atoms with Gasteiger partial charge in [-0.3, -0.25) is 15.0 Å². The normalized spacial score (nSPS) is 14.7. The number of guanidine groups is 1. The number of rotatable bonds is 2. The minimum absolute atomic E-state index is 0.136. The molecular weight excluding hydrogens is 256 g/mol. The smallest absolute Gasteiger partial charge is 0.206 e. The van der Waals surface area contributed by atoms with Crippen LogP contribution in [0.1, 0.15) is 40.1 Å². The zero-order valence-corrected chi connectivity index (χ0v) is 11.2. The second kappa shape index (κ2) is 5.08. The van der Waals surface area contributed by atoms with Gasteiger partial charge in [-0.25, -0.2) is 5.43 Å². The van der Waals surface area contributed by atoms with Crippen molar-refractivity contribution in [3.05, 3.63) is 46.5 Å². The Hall–Kier alpha value is -2.76. The first kappa shape index (κ1) is 13.7. The number of nitrogens with two attached hydrogens (primary N) is 1. The van der Waals surface area contributed by atoms with Gasteiger partial charge in [-0.05, 0) is 37.6 Å². The third-order valence-corrected chi connectivity index (χ3v) is 3.00. The van der Waals surface area contributed by atoms with Crippen molar-refractivity contribution in [3.8, 4) is 0 Å². The van der Waals surface area contributed by atoms with Crippen molar-refractivity contribution < 1.29 is 9.59 Å². The Balaban J connectivity index is 2.42. The van der Waals surface area contributed by atoms with Crippen LogP contribution in [0.15, 0.2) is 34.9 Å². The molecule has 0 aliphatic heterocycles. The number of Topliss-reactive ketones (excluding diaryl/α,β-unsaturated/α-hetero) is 1. The fraction of sp³-hybridized carbons (Fsp3) is 0.143. The van der Waals surface area contributed by atoms with E-state index in [0.717, 1.165) is 0 Å². The summed E-state index contributed by atoms with van der Waals surface area (Å²) >= 11 is 0. The van der Waals surface area contributed by atoms with Crippen molar-refractivity contribution >= 4 is 23.2 Å². The molecule has 0 radical (unpaired) electrons. The van der Waals surface area contributed by atoms with Crippen LogP contribution in [0.3, 0.4) is 0 Å². The standard InChI is InChI=1S/C14H14N4O2/c1-7-5-12(19)11-6-9(3-4-10(11)13(7)20)8(2)17-18-14(15)16/h3-6H,1-2H3,(H4,15,16,18)/b17-8-. The second-order valence-electron chi connectivity index (χ2n) is 4.50. The Bertz CT molecular complexity index is 686. The Morgan fingerprint density at radius 3 is 2.65 bits per heavy atom. The number of carbonyl (C=O) groups is 2. The zero-order chi connectivity index (χ0) is 14.9. The van der Waals surface area contributed by atoms with E-state index in [0.29, 0.717) is 28.0 Å². The van der Waals surface area contributed by atoms with Crippen LogP contribution in [-0.2, 0) is 0 Å². The van der Waals surface area contributed by atoms with E-state index in [4.69, 9.17) is 11.1 Å². The number of carbonyl (C=O) groups excluding carboxylic acids is 2. The van der Waals surface area contributed by atoms with E-state index in [-0.39, 0.29) is 17.5 Å². The molecule has 0 atom stereocenters. The summed E-state index contributed by atoms with van der Waals surface area (Å²) in [5.74, 6) is -0.596. The van der Waals surface area contributed by atoms with E-state index in [9.17, 15) is 9.59 Å². The largest absolute Gasteiger partial charge is 0.369 e. The third-order valence-electron chi connectivity index (χ3n) is 3.00. The average molecular weight is 270 g/mol. The number of fused-ring (bicyclic) bond motifs is 1. The molecule has 0 unspecified atom stereocenters. The maximum absolute atomic E-state index is 12.0. The molecule has 0 saturated heterocycles. The molecule has 0 spiro atoms. The minimum atomic E-state index is -0.271. The molecule has 1 aliphatic carbocycles. The summed E-state index contributed by atoms with van der Waals surface area (Å²) in [6.45, 7) is 3.34. The molecule has 6 heteroatoms. The fourth-order valence-corrected chi connectivity index (χ4v) is 1.93. The fourth-order valence-electron chi connectivity index (χ4n) is 1.93. The lowest BCUT2D eigenvalue weighted by atomic mass is 9.88. The Morgan fingerprint density at radius 2 is 2.00 bits per heavy atom. The van der Waals surface area contributed by atoms with E-state index in [2.05, 4.69) is 10.5 Å². The second-order valence-corrected chi connectivity index (χ2v) is 4.50. The summed E-state index contributed by atoms with van der Waals surface area (Å²) in [6.07, 6.45) is 1.34. The molecule has 0 heterocycles. The molecule has 20 heavy (non-hydrogen) atoms. The molecular formula is C14H14N4O2. The Morgan fingerprint density at radius 1 is 1.30 bits per heavy atom. The first-order valence-electron chi connectivity index (χ1n) is 5.96. The van der Waals surface area contributed by atoms with Gasteiger partial charge in [-0.2, -0.15) is 5.10 Å². The predicted molar refractivity (Wildman–Crippen MR) is 76.1 cm³/mol. The van der Waals surface area contributed by atoms with Crippen molar-refractivity contribution in [3.63, 3.8) is 0 Å². The summed E-state index contributed by atoms with van der Waals surface area (Å²) in [5.41, 5.74) is 9.95. The van der Waals surface area contributed by atoms with Crippen LogP contribution >= 0.6 is 0 Å². The zero-order valence-electron chi connectivity index (χ0n) is 11.2. The molecule has 1 aliphatic rings. The highest BCUT2D eigenvalue weighted by Gasteiger charge is 2.23. The van der Waals surface area contributed by atoms with Gasteiger partial charge in [0.25, 0.3) is 0 Å². The lowest BCUT2D eigenvalue weighted by Gasteiger charge is -2.13. The van der Waals surface area contributed by atoms with E-state index >= 15 is 0 Å². The van der Waals surface area contributed by atoms with Crippen LogP contribution in [0.2, 0.25) is 0 Å². The van der Waals surface area contributed by atoms with Gasteiger partial charge in [-0.15, -0.1) is 0 Å². The lowest BCUT2D eigenvalue weighted by Crippen LogP contribution is -2.26. The molecule has 4 N–H and O–H groups in total. The molecule has 6 nitrogen and oxygen atoms in total. The lowest BCUT2D eigenvalue weighted by molar-refractivity contribution is 0.0984. The van der Waals surface area contributed by atoms with Gasteiger partial charge in [0.1, 0.15) is 0 Å². The van der Waals surface area contributed by atoms with Crippen molar-refractivity contribution in [2.24, 2.45) is 10.8 Å². The Labute approximate surface area is 115 Å². The predicted octanol–water partition coefficient (Wildman–Crippen LogP) is 1.22. The number of benzene rings is 1.